The Morgan fingerprint density at radius 2 is 1.83 bits per heavy atom. The van der Waals surface area contributed by atoms with Crippen molar-refractivity contribution in [2.75, 3.05) is 37.7 Å². The van der Waals surface area contributed by atoms with Crippen molar-refractivity contribution in [2.24, 2.45) is 0 Å². The molecule has 0 aromatic heterocycles. The molecular weight excluding hydrogens is 312 g/mol. The normalized spacial score (nSPS) is 24.8. The number of nitrogens with zero attached hydrogens (tertiary/aromatic N) is 2. The lowest BCUT2D eigenvalue weighted by atomic mass is 10.0. The van der Waals surface area contributed by atoms with Gasteiger partial charge in [0.05, 0.1) is 11.5 Å². The number of rotatable bonds is 2. The first-order valence-corrected chi connectivity index (χ1v) is 9.99. The van der Waals surface area contributed by atoms with Crippen molar-refractivity contribution in [2.45, 2.75) is 26.3 Å². The van der Waals surface area contributed by atoms with Gasteiger partial charge in [0.2, 0.25) is 0 Å². The lowest BCUT2D eigenvalue weighted by molar-refractivity contribution is 0.0587. The fourth-order valence-corrected chi connectivity index (χ4v) is 5.25. The molecule has 2 aliphatic rings. The molecule has 0 aliphatic carbocycles. The number of hydrogen-bond donors (Lipinski definition) is 0. The van der Waals surface area contributed by atoms with Gasteiger partial charge in [0.1, 0.15) is 0 Å². The molecule has 2 aliphatic heterocycles. The van der Waals surface area contributed by atoms with Crippen LogP contribution in [0.25, 0.3) is 0 Å². The monoisotopic (exact) mass is 336 g/mol. The molecular formula is C17H24N2O3S. The third-order valence-corrected chi connectivity index (χ3v) is 6.70. The van der Waals surface area contributed by atoms with Gasteiger partial charge in [-0.2, -0.15) is 0 Å². The second-order valence-electron chi connectivity index (χ2n) is 6.70. The second kappa shape index (κ2) is 6.24. The van der Waals surface area contributed by atoms with Crippen LogP contribution in [-0.2, 0) is 9.84 Å². The summed E-state index contributed by atoms with van der Waals surface area (Å²) < 4.78 is 23.2. The Morgan fingerprint density at radius 3 is 2.43 bits per heavy atom. The maximum absolute atomic E-state index is 12.7. The molecule has 1 amide bonds. The number of carbonyl (C=O) groups is 1. The van der Waals surface area contributed by atoms with Gasteiger partial charge in [0.25, 0.3) is 5.91 Å². The highest BCUT2D eigenvalue weighted by molar-refractivity contribution is 7.91. The Hall–Kier alpha value is -1.40. The van der Waals surface area contributed by atoms with E-state index >= 15 is 0 Å². The first kappa shape index (κ1) is 16.5. The van der Waals surface area contributed by atoms with Gasteiger partial charge in [-0.25, -0.2) is 8.42 Å². The summed E-state index contributed by atoms with van der Waals surface area (Å²) in [4.78, 5) is 16.8. The molecule has 6 heteroatoms. The van der Waals surface area contributed by atoms with Gasteiger partial charge in [-0.1, -0.05) is 17.7 Å². The molecule has 0 spiro atoms. The van der Waals surface area contributed by atoms with Crippen molar-refractivity contribution in [3.63, 3.8) is 0 Å². The number of benzene rings is 1. The molecule has 126 valence electrons. The van der Waals surface area contributed by atoms with Crippen LogP contribution in [0.2, 0.25) is 0 Å². The van der Waals surface area contributed by atoms with E-state index < -0.39 is 9.84 Å². The fraction of sp³-hybridized carbons (Fsp3) is 0.588. The number of sulfone groups is 1. The number of piperazine rings is 1. The predicted octanol–water partition coefficient (Wildman–Crippen LogP) is 1.25. The summed E-state index contributed by atoms with van der Waals surface area (Å²) in [6, 6.07) is 6.10. The number of carbonyl (C=O) groups excluding carboxylic acids is 1. The first-order chi connectivity index (χ1) is 10.9. The average Bonchev–Trinajstić information content (AvgIpc) is 2.89. The van der Waals surface area contributed by atoms with Crippen LogP contribution in [0.15, 0.2) is 18.2 Å². The van der Waals surface area contributed by atoms with E-state index in [9.17, 15) is 13.2 Å². The van der Waals surface area contributed by atoms with E-state index in [2.05, 4.69) is 4.90 Å². The predicted molar refractivity (Wildman–Crippen MR) is 90.5 cm³/mol. The van der Waals surface area contributed by atoms with E-state index in [4.69, 9.17) is 0 Å². The van der Waals surface area contributed by atoms with Crippen molar-refractivity contribution in [3.05, 3.63) is 34.9 Å². The number of hydrogen-bond acceptors (Lipinski definition) is 4. The topological polar surface area (TPSA) is 57.7 Å². The summed E-state index contributed by atoms with van der Waals surface area (Å²) in [5, 5.41) is 0. The molecule has 0 unspecified atom stereocenters. The second-order valence-corrected chi connectivity index (χ2v) is 8.93. The third-order valence-electron chi connectivity index (χ3n) is 4.95. The summed E-state index contributed by atoms with van der Waals surface area (Å²) in [5.74, 6) is 0.668. The Balaban J connectivity index is 1.63. The molecule has 5 nitrogen and oxygen atoms in total. The lowest BCUT2D eigenvalue weighted by Gasteiger charge is -2.37. The molecule has 0 bridgehead atoms. The third kappa shape index (κ3) is 3.58. The van der Waals surface area contributed by atoms with Crippen molar-refractivity contribution >= 4 is 15.7 Å². The highest BCUT2D eigenvalue weighted by Gasteiger charge is 2.34. The van der Waals surface area contributed by atoms with Crippen LogP contribution >= 0.6 is 0 Å². The average molecular weight is 336 g/mol. The Labute approximate surface area is 138 Å². The van der Waals surface area contributed by atoms with E-state index in [1.54, 1.807) is 0 Å². The summed E-state index contributed by atoms with van der Waals surface area (Å²) in [6.07, 6.45) is 0.729. The first-order valence-electron chi connectivity index (χ1n) is 8.17. The maximum Gasteiger partial charge on any atom is 0.254 e. The van der Waals surface area contributed by atoms with Gasteiger partial charge in [0, 0.05) is 37.8 Å². The number of aryl methyl sites for hydroxylation is 2. The van der Waals surface area contributed by atoms with Gasteiger partial charge < -0.3 is 4.90 Å². The molecule has 1 aromatic carbocycles. The smallest absolute Gasteiger partial charge is 0.254 e. The minimum absolute atomic E-state index is 0.0879. The molecule has 1 aromatic rings. The lowest BCUT2D eigenvalue weighted by Crippen LogP contribution is -2.52. The molecule has 0 N–H and O–H groups in total. The highest BCUT2D eigenvalue weighted by Crippen LogP contribution is 2.20. The van der Waals surface area contributed by atoms with Gasteiger partial charge in [-0.3, -0.25) is 9.69 Å². The number of amides is 1. The Kier molecular flexibility index (Phi) is 4.47. The van der Waals surface area contributed by atoms with E-state index in [1.807, 2.05) is 36.9 Å². The van der Waals surface area contributed by atoms with Crippen LogP contribution in [0, 0.1) is 13.8 Å². The Morgan fingerprint density at radius 1 is 1.13 bits per heavy atom. The van der Waals surface area contributed by atoms with Gasteiger partial charge in [-0.15, -0.1) is 0 Å². The van der Waals surface area contributed by atoms with Gasteiger partial charge in [-0.05, 0) is 31.9 Å². The molecule has 2 fully saturated rings. The SMILES string of the molecule is Cc1ccc(C)c(C(=O)N2CCN([C@H]3CCS(=O)(=O)C3)CC2)c1. The highest BCUT2D eigenvalue weighted by atomic mass is 32.2. The molecule has 0 radical (unpaired) electrons. The standard InChI is InChI=1S/C17H24N2O3S/c1-13-3-4-14(2)16(11-13)17(20)19-8-6-18(7-9-19)15-5-10-23(21,22)12-15/h3-4,11,15H,5-10,12H2,1-2H3/t15-/m0/s1. The van der Waals surface area contributed by atoms with Crippen molar-refractivity contribution in [1.82, 2.24) is 9.80 Å². The summed E-state index contributed by atoms with van der Waals surface area (Å²) in [5.41, 5.74) is 2.88. The van der Waals surface area contributed by atoms with E-state index in [0.717, 1.165) is 36.2 Å². The van der Waals surface area contributed by atoms with Crippen molar-refractivity contribution in [1.29, 1.82) is 0 Å². The van der Waals surface area contributed by atoms with Crippen LogP contribution in [0.3, 0.4) is 0 Å². The zero-order chi connectivity index (χ0) is 16.6. The zero-order valence-corrected chi connectivity index (χ0v) is 14.6. The maximum atomic E-state index is 12.7. The largest absolute Gasteiger partial charge is 0.336 e. The van der Waals surface area contributed by atoms with Crippen LogP contribution in [0.5, 0.6) is 0 Å². The van der Waals surface area contributed by atoms with Crippen molar-refractivity contribution < 1.29 is 13.2 Å². The fourth-order valence-electron chi connectivity index (χ4n) is 3.49. The van der Waals surface area contributed by atoms with Gasteiger partial charge in [0.15, 0.2) is 9.84 Å². The molecule has 23 heavy (non-hydrogen) atoms. The van der Waals surface area contributed by atoms with Crippen LogP contribution in [0.1, 0.15) is 27.9 Å². The molecule has 2 heterocycles. The summed E-state index contributed by atoms with van der Waals surface area (Å²) in [6.45, 7) is 6.82. The molecule has 3 rings (SSSR count). The van der Waals surface area contributed by atoms with E-state index in [-0.39, 0.29) is 17.7 Å². The minimum Gasteiger partial charge on any atom is -0.336 e. The quantitative estimate of drug-likeness (QED) is 0.816. The van der Waals surface area contributed by atoms with Crippen LogP contribution < -0.4 is 0 Å². The summed E-state index contributed by atoms with van der Waals surface area (Å²) >= 11 is 0. The van der Waals surface area contributed by atoms with Crippen LogP contribution in [0.4, 0.5) is 0 Å². The summed E-state index contributed by atoms with van der Waals surface area (Å²) in [7, 11) is -2.85. The van der Waals surface area contributed by atoms with Gasteiger partial charge >= 0.3 is 0 Å². The van der Waals surface area contributed by atoms with E-state index in [0.29, 0.717) is 18.8 Å². The molecule has 2 saturated heterocycles. The van der Waals surface area contributed by atoms with Crippen molar-refractivity contribution in [3.8, 4) is 0 Å². The minimum atomic E-state index is -2.85. The molecule has 0 saturated carbocycles. The Bertz CT molecular complexity index is 707. The van der Waals surface area contributed by atoms with Crippen LogP contribution in [-0.4, -0.2) is 67.9 Å². The molecule has 1 atom stereocenters. The van der Waals surface area contributed by atoms with E-state index in [1.165, 1.54) is 0 Å². The zero-order valence-electron chi connectivity index (χ0n) is 13.8.